The smallest absolute Gasteiger partial charge is 0.409 e. The summed E-state index contributed by atoms with van der Waals surface area (Å²) in [6.07, 6.45) is 12.5. The second-order valence-electron chi connectivity index (χ2n) is 9.56. The molecule has 1 aromatic rings. The van der Waals surface area contributed by atoms with E-state index in [1.807, 2.05) is 0 Å². The van der Waals surface area contributed by atoms with Crippen LogP contribution in [-0.4, -0.2) is 54.7 Å². The number of carbonyl (C=O) groups is 1. The van der Waals surface area contributed by atoms with Gasteiger partial charge in [0.15, 0.2) is 0 Å². The number of likely N-dealkylation sites (tertiary alicyclic amines) is 1. The molecule has 0 bridgehead atoms. The van der Waals surface area contributed by atoms with E-state index in [2.05, 4.69) is 40.1 Å². The molecule has 1 heterocycles. The highest BCUT2D eigenvalue weighted by Gasteiger charge is 2.41. The molecule has 29 heavy (non-hydrogen) atoms. The molecule has 0 spiro atoms. The van der Waals surface area contributed by atoms with E-state index >= 15 is 0 Å². The van der Waals surface area contributed by atoms with E-state index in [9.17, 15) is 4.79 Å². The maximum absolute atomic E-state index is 12.2. The number of piperidine rings is 1. The number of methoxy groups -OCH3 is 1. The molecule has 1 saturated heterocycles. The molecular formula is C25H38N2O2. The molecule has 1 amide bonds. The van der Waals surface area contributed by atoms with Crippen LogP contribution >= 0.6 is 0 Å². The Balaban J connectivity index is 1.14. The zero-order chi connectivity index (χ0) is 20.1. The number of amides is 1. The lowest BCUT2D eigenvalue weighted by Gasteiger charge is -2.34. The fourth-order valence-electron chi connectivity index (χ4n) is 5.58. The predicted octanol–water partition coefficient (Wildman–Crippen LogP) is 5.12. The summed E-state index contributed by atoms with van der Waals surface area (Å²) in [6, 6.07) is 11.8. The van der Waals surface area contributed by atoms with E-state index in [1.165, 1.54) is 77.3 Å². The molecule has 2 atom stereocenters. The number of carbonyl (C=O) groups excluding carboxylic acids is 1. The van der Waals surface area contributed by atoms with Crippen molar-refractivity contribution in [2.24, 2.45) is 11.8 Å². The number of benzene rings is 1. The number of nitrogens with zero attached hydrogens (tertiary/aromatic N) is 2. The van der Waals surface area contributed by atoms with Gasteiger partial charge in [0, 0.05) is 18.6 Å². The van der Waals surface area contributed by atoms with Crippen molar-refractivity contribution >= 4 is 6.09 Å². The highest BCUT2D eigenvalue weighted by molar-refractivity contribution is 5.68. The number of hydrogen-bond donors (Lipinski definition) is 0. The summed E-state index contributed by atoms with van der Waals surface area (Å²) in [7, 11) is 1.52. The van der Waals surface area contributed by atoms with Crippen molar-refractivity contribution in [3.8, 4) is 0 Å². The summed E-state index contributed by atoms with van der Waals surface area (Å²) in [5.41, 5.74) is 1.48. The first-order valence-electron chi connectivity index (χ1n) is 11.9. The molecule has 4 nitrogen and oxygen atoms in total. The van der Waals surface area contributed by atoms with Crippen molar-refractivity contribution in [2.75, 3.05) is 26.7 Å². The molecule has 0 aromatic heterocycles. The SMILES string of the molecule is COC(=O)N(C1CC1)C1CCC(CN2CCC(CCCc3ccccc3)CC2)C1. The average Bonchev–Trinajstić information content (AvgIpc) is 3.48. The monoisotopic (exact) mass is 398 g/mol. The fraction of sp³-hybridized carbons (Fsp3) is 0.720. The lowest BCUT2D eigenvalue weighted by molar-refractivity contribution is 0.0990. The molecule has 0 radical (unpaired) electrons. The highest BCUT2D eigenvalue weighted by atomic mass is 16.5. The first-order valence-corrected chi connectivity index (χ1v) is 11.9. The van der Waals surface area contributed by atoms with Crippen LogP contribution in [0.3, 0.4) is 0 Å². The number of ether oxygens (including phenoxy) is 1. The molecule has 160 valence electrons. The Labute approximate surface area is 176 Å². The van der Waals surface area contributed by atoms with Crippen LogP contribution in [0.1, 0.15) is 63.4 Å². The Hall–Kier alpha value is -1.55. The fourth-order valence-corrected chi connectivity index (χ4v) is 5.58. The van der Waals surface area contributed by atoms with Gasteiger partial charge in [0.1, 0.15) is 0 Å². The number of aryl methyl sites for hydroxylation is 1. The Bertz CT molecular complexity index is 637. The Morgan fingerprint density at radius 2 is 1.72 bits per heavy atom. The Morgan fingerprint density at radius 3 is 2.41 bits per heavy atom. The first-order chi connectivity index (χ1) is 14.2. The van der Waals surface area contributed by atoms with E-state index < -0.39 is 0 Å². The van der Waals surface area contributed by atoms with Gasteiger partial charge in [0.25, 0.3) is 0 Å². The Morgan fingerprint density at radius 1 is 1.00 bits per heavy atom. The van der Waals surface area contributed by atoms with Crippen LogP contribution in [0, 0.1) is 11.8 Å². The molecule has 2 saturated carbocycles. The molecule has 0 N–H and O–H groups in total. The normalized spacial score (nSPS) is 25.8. The van der Waals surface area contributed by atoms with Gasteiger partial charge in [0.05, 0.1) is 7.11 Å². The Kier molecular flexibility index (Phi) is 7.12. The van der Waals surface area contributed by atoms with Crippen LogP contribution in [0.15, 0.2) is 30.3 Å². The zero-order valence-corrected chi connectivity index (χ0v) is 18.1. The van der Waals surface area contributed by atoms with Crippen LogP contribution in [0.2, 0.25) is 0 Å². The van der Waals surface area contributed by atoms with Crippen LogP contribution in [-0.2, 0) is 11.2 Å². The standard InChI is InChI=1S/C25H38N2O2/c1-29-25(28)27(23-12-13-23)24-11-10-22(18-24)19-26-16-14-21(15-17-26)9-5-8-20-6-3-2-4-7-20/h2-4,6-7,21-24H,5,8-19H2,1H3. The van der Waals surface area contributed by atoms with Crippen LogP contribution in [0.25, 0.3) is 0 Å². The second kappa shape index (κ2) is 9.97. The molecule has 2 unspecified atom stereocenters. The molecular weight excluding hydrogens is 360 g/mol. The number of rotatable bonds is 8. The maximum Gasteiger partial charge on any atom is 0.409 e. The average molecular weight is 399 g/mol. The summed E-state index contributed by atoms with van der Waals surface area (Å²) in [4.78, 5) is 16.9. The summed E-state index contributed by atoms with van der Waals surface area (Å²) >= 11 is 0. The van der Waals surface area contributed by atoms with Gasteiger partial charge in [-0.2, -0.15) is 0 Å². The summed E-state index contributed by atoms with van der Waals surface area (Å²) in [5.74, 6) is 1.66. The second-order valence-corrected chi connectivity index (χ2v) is 9.56. The molecule has 2 aliphatic carbocycles. The van der Waals surface area contributed by atoms with E-state index in [0.29, 0.717) is 12.1 Å². The van der Waals surface area contributed by atoms with Crippen molar-refractivity contribution in [1.82, 2.24) is 9.80 Å². The molecule has 1 aliphatic heterocycles. The molecule has 3 fully saturated rings. The highest BCUT2D eigenvalue weighted by Crippen LogP contribution is 2.37. The van der Waals surface area contributed by atoms with Gasteiger partial charge in [-0.05, 0) is 88.3 Å². The third-order valence-corrected chi connectivity index (χ3v) is 7.38. The number of hydrogen-bond acceptors (Lipinski definition) is 3. The van der Waals surface area contributed by atoms with Crippen LogP contribution in [0.5, 0.6) is 0 Å². The molecule has 1 aromatic carbocycles. The van der Waals surface area contributed by atoms with Crippen molar-refractivity contribution in [3.05, 3.63) is 35.9 Å². The molecule has 4 heteroatoms. The summed E-state index contributed by atoms with van der Waals surface area (Å²) in [6.45, 7) is 3.76. The van der Waals surface area contributed by atoms with E-state index in [1.54, 1.807) is 0 Å². The van der Waals surface area contributed by atoms with Crippen molar-refractivity contribution in [3.63, 3.8) is 0 Å². The van der Waals surface area contributed by atoms with E-state index in [4.69, 9.17) is 4.74 Å². The van der Waals surface area contributed by atoms with Gasteiger partial charge < -0.3 is 14.5 Å². The summed E-state index contributed by atoms with van der Waals surface area (Å²) < 4.78 is 5.06. The predicted molar refractivity (Wildman–Crippen MR) is 117 cm³/mol. The van der Waals surface area contributed by atoms with E-state index in [-0.39, 0.29) is 6.09 Å². The minimum Gasteiger partial charge on any atom is -0.453 e. The van der Waals surface area contributed by atoms with Gasteiger partial charge in [-0.15, -0.1) is 0 Å². The topological polar surface area (TPSA) is 32.8 Å². The molecule has 4 rings (SSSR count). The van der Waals surface area contributed by atoms with Crippen LogP contribution in [0.4, 0.5) is 4.79 Å². The van der Waals surface area contributed by atoms with Crippen molar-refractivity contribution < 1.29 is 9.53 Å². The largest absolute Gasteiger partial charge is 0.453 e. The first kappa shape index (κ1) is 20.7. The third kappa shape index (κ3) is 5.75. The van der Waals surface area contributed by atoms with Gasteiger partial charge in [-0.25, -0.2) is 4.79 Å². The minimum atomic E-state index is -0.102. The van der Waals surface area contributed by atoms with Gasteiger partial charge >= 0.3 is 6.09 Å². The lowest BCUT2D eigenvalue weighted by atomic mass is 9.90. The van der Waals surface area contributed by atoms with E-state index in [0.717, 1.165) is 31.1 Å². The third-order valence-electron chi connectivity index (χ3n) is 7.38. The van der Waals surface area contributed by atoms with Gasteiger partial charge in [0.2, 0.25) is 0 Å². The quantitative estimate of drug-likeness (QED) is 0.609. The lowest BCUT2D eigenvalue weighted by Crippen LogP contribution is -2.41. The summed E-state index contributed by atoms with van der Waals surface area (Å²) in [5, 5.41) is 0. The van der Waals surface area contributed by atoms with Crippen molar-refractivity contribution in [2.45, 2.75) is 76.3 Å². The molecule has 3 aliphatic rings. The van der Waals surface area contributed by atoms with Gasteiger partial charge in [-0.1, -0.05) is 36.8 Å². The van der Waals surface area contributed by atoms with Crippen LogP contribution < -0.4 is 0 Å². The van der Waals surface area contributed by atoms with Gasteiger partial charge in [-0.3, -0.25) is 0 Å². The maximum atomic E-state index is 12.2. The minimum absolute atomic E-state index is 0.102. The zero-order valence-electron chi connectivity index (χ0n) is 18.1. The van der Waals surface area contributed by atoms with Crippen molar-refractivity contribution in [1.29, 1.82) is 0 Å².